The van der Waals surface area contributed by atoms with Crippen LogP contribution in [0.3, 0.4) is 0 Å². The molecule has 0 atom stereocenters. The lowest BCUT2D eigenvalue weighted by Gasteiger charge is -2.19. The van der Waals surface area contributed by atoms with E-state index in [0.717, 1.165) is 43.3 Å². The lowest BCUT2D eigenvalue weighted by Crippen LogP contribution is -2.35. The van der Waals surface area contributed by atoms with Crippen LogP contribution >= 0.6 is 11.8 Å². The zero-order valence-electron chi connectivity index (χ0n) is 18.8. The fourth-order valence-corrected chi connectivity index (χ4v) is 4.80. The second-order valence-corrected chi connectivity index (χ2v) is 9.09. The highest BCUT2D eigenvalue weighted by atomic mass is 32.2. The van der Waals surface area contributed by atoms with Gasteiger partial charge in [0.1, 0.15) is 16.6 Å². The Morgan fingerprint density at radius 1 is 1.17 bits per heavy atom. The molecule has 1 aromatic heterocycles. The quantitative estimate of drug-likeness (QED) is 0.502. The van der Waals surface area contributed by atoms with Crippen molar-refractivity contribution in [2.75, 3.05) is 20.2 Å². The number of carbonyl (C=O) groups excluding carboxylic acids is 3. The van der Waals surface area contributed by atoms with Crippen molar-refractivity contribution < 1.29 is 23.5 Å². The average molecular weight is 492 g/mol. The van der Waals surface area contributed by atoms with Gasteiger partial charge in [0.15, 0.2) is 5.84 Å². The van der Waals surface area contributed by atoms with Gasteiger partial charge in [-0.3, -0.25) is 15.0 Å². The van der Waals surface area contributed by atoms with Gasteiger partial charge in [-0.05, 0) is 54.9 Å². The number of hydrogen-bond donors (Lipinski definition) is 1. The molecule has 0 radical (unpaired) electrons. The fourth-order valence-electron chi connectivity index (χ4n) is 3.93. The van der Waals surface area contributed by atoms with Gasteiger partial charge in [0.05, 0.1) is 24.7 Å². The number of aliphatic imine (C=N–C) groups is 1. The number of nitrogens with zero attached hydrogens (tertiary/aromatic N) is 4. The van der Waals surface area contributed by atoms with Gasteiger partial charge in [-0.25, -0.2) is 4.79 Å². The van der Waals surface area contributed by atoms with Gasteiger partial charge in [0.2, 0.25) is 11.1 Å². The third-order valence-corrected chi connectivity index (χ3v) is 6.67. The molecular weight excluding hydrogens is 470 g/mol. The Morgan fingerprint density at radius 3 is 2.63 bits per heavy atom. The van der Waals surface area contributed by atoms with Crippen LogP contribution in [0.1, 0.15) is 35.4 Å². The number of esters is 1. The molecule has 0 aliphatic carbocycles. The van der Waals surface area contributed by atoms with Crippen molar-refractivity contribution in [2.24, 2.45) is 10.1 Å². The lowest BCUT2D eigenvalue weighted by molar-refractivity contribution is -0.128. The van der Waals surface area contributed by atoms with Crippen LogP contribution in [-0.4, -0.2) is 63.9 Å². The number of nitrogens with one attached hydrogen (secondary N) is 1. The summed E-state index contributed by atoms with van der Waals surface area (Å²) in [6, 6.07) is 10.1. The van der Waals surface area contributed by atoms with Crippen molar-refractivity contribution >= 4 is 51.7 Å². The van der Waals surface area contributed by atoms with Gasteiger partial charge in [-0.1, -0.05) is 12.1 Å². The molecule has 11 heteroatoms. The third kappa shape index (κ3) is 4.54. The van der Waals surface area contributed by atoms with Crippen LogP contribution in [0.2, 0.25) is 0 Å². The molecule has 35 heavy (non-hydrogen) atoms. The van der Waals surface area contributed by atoms with Gasteiger partial charge in [-0.2, -0.15) is 15.1 Å². The van der Waals surface area contributed by atoms with E-state index in [-0.39, 0.29) is 28.9 Å². The maximum atomic E-state index is 12.6. The van der Waals surface area contributed by atoms with E-state index >= 15 is 0 Å². The van der Waals surface area contributed by atoms with E-state index in [1.165, 1.54) is 18.2 Å². The molecular formula is C24H21N5O5S. The van der Waals surface area contributed by atoms with Crippen LogP contribution in [-0.2, 0) is 14.3 Å². The van der Waals surface area contributed by atoms with Gasteiger partial charge in [0.25, 0.3) is 5.91 Å². The summed E-state index contributed by atoms with van der Waals surface area (Å²) in [6.07, 6.45) is 3.58. The summed E-state index contributed by atoms with van der Waals surface area (Å²) in [5, 5.41) is 14.9. The van der Waals surface area contributed by atoms with Crippen molar-refractivity contribution in [1.29, 1.82) is 5.41 Å². The number of hydrazone groups is 1. The van der Waals surface area contributed by atoms with Crippen molar-refractivity contribution in [1.82, 2.24) is 9.91 Å². The smallest absolute Gasteiger partial charge is 0.337 e. The van der Waals surface area contributed by atoms with E-state index < -0.39 is 11.9 Å². The highest BCUT2D eigenvalue weighted by Crippen LogP contribution is 2.31. The van der Waals surface area contributed by atoms with E-state index in [1.807, 2.05) is 4.90 Å². The molecule has 0 spiro atoms. The summed E-state index contributed by atoms with van der Waals surface area (Å²) >= 11 is 1.14. The van der Waals surface area contributed by atoms with Gasteiger partial charge in [0, 0.05) is 18.7 Å². The van der Waals surface area contributed by atoms with E-state index in [2.05, 4.69) is 10.1 Å². The number of benzene rings is 1. The minimum absolute atomic E-state index is 0.00875. The van der Waals surface area contributed by atoms with Crippen LogP contribution in [0.15, 0.2) is 56.5 Å². The van der Waals surface area contributed by atoms with Crippen molar-refractivity contribution in [3.8, 4) is 11.3 Å². The van der Waals surface area contributed by atoms with E-state index in [1.54, 1.807) is 36.4 Å². The maximum absolute atomic E-state index is 12.6. The number of amides is 2. The van der Waals surface area contributed by atoms with Crippen molar-refractivity contribution in [3.63, 3.8) is 0 Å². The molecule has 178 valence electrons. The fraction of sp³-hybridized carbons (Fsp3) is 0.250. The first kappa shape index (κ1) is 22.8. The molecule has 3 aliphatic heterocycles. The summed E-state index contributed by atoms with van der Waals surface area (Å²) < 4.78 is 10.5. The number of carbonyl (C=O) groups is 3. The second kappa shape index (κ2) is 9.34. The van der Waals surface area contributed by atoms with Gasteiger partial charge < -0.3 is 14.1 Å². The molecule has 3 aliphatic rings. The lowest BCUT2D eigenvalue weighted by atomic mass is 10.1. The number of rotatable bonds is 5. The molecule has 1 saturated heterocycles. The minimum atomic E-state index is -0.573. The number of amidine groups is 2. The normalized spacial score (nSPS) is 18.6. The number of fused-ring (bicyclic) bond motifs is 1. The predicted octanol–water partition coefficient (Wildman–Crippen LogP) is 3.36. The molecule has 10 nitrogen and oxygen atoms in total. The molecule has 0 unspecified atom stereocenters. The van der Waals surface area contributed by atoms with Crippen LogP contribution in [0.5, 0.6) is 0 Å². The van der Waals surface area contributed by atoms with Gasteiger partial charge in [-0.15, -0.1) is 0 Å². The Hall–Kier alpha value is -3.99. The molecule has 4 heterocycles. The van der Waals surface area contributed by atoms with E-state index in [9.17, 15) is 14.4 Å². The van der Waals surface area contributed by atoms with Crippen molar-refractivity contribution in [3.05, 3.63) is 53.3 Å². The molecule has 1 fully saturated rings. The Kier molecular flexibility index (Phi) is 6.08. The number of likely N-dealkylation sites (tertiary alicyclic amines) is 1. The molecule has 2 aromatic rings. The zero-order valence-corrected chi connectivity index (χ0v) is 19.6. The third-order valence-electron chi connectivity index (χ3n) is 5.76. The summed E-state index contributed by atoms with van der Waals surface area (Å²) in [5.41, 5.74) is 1.19. The first-order chi connectivity index (χ1) is 16.9. The zero-order chi connectivity index (χ0) is 24.5. The first-order valence-corrected chi connectivity index (χ1v) is 11.8. The topological polar surface area (TPSA) is 129 Å². The van der Waals surface area contributed by atoms with Crippen LogP contribution in [0, 0.1) is 5.41 Å². The van der Waals surface area contributed by atoms with Crippen LogP contribution in [0.4, 0.5) is 0 Å². The SMILES string of the molecule is COC(=O)c1ccc(-c2ccc(C=C3C(=N)N4N=C(CC(=O)N5CCCC5)SC4=NC3=O)o2)cc1. The Labute approximate surface area is 204 Å². The maximum Gasteiger partial charge on any atom is 0.337 e. The van der Waals surface area contributed by atoms with E-state index in [4.69, 9.17) is 14.6 Å². The number of furan rings is 1. The molecule has 0 saturated carbocycles. The second-order valence-electron chi connectivity index (χ2n) is 8.05. The summed E-state index contributed by atoms with van der Waals surface area (Å²) in [5.74, 6) is -0.241. The molecule has 1 aromatic carbocycles. The van der Waals surface area contributed by atoms with Gasteiger partial charge >= 0.3 is 5.97 Å². The predicted molar refractivity (Wildman–Crippen MR) is 131 cm³/mol. The van der Waals surface area contributed by atoms with Crippen LogP contribution < -0.4 is 0 Å². The summed E-state index contributed by atoms with van der Waals surface area (Å²) in [7, 11) is 1.32. The Morgan fingerprint density at radius 2 is 1.91 bits per heavy atom. The number of ether oxygens (including phenoxy) is 1. The highest BCUT2D eigenvalue weighted by Gasteiger charge is 2.36. The van der Waals surface area contributed by atoms with E-state index in [0.29, 0.717) is 22.1 Å². The number of methoxy groups -OCH3 is 1. The monoisotopic (exact) mass is 491 g/mol. The molecule has 2 amide bonds. The molecule has 1 N–H and O–H groups in total. The largest absolute Gasteiger partial charge is 0.465 e. The molecule has 5 rings (SSSR count). The van der Waals surface area contributed by atoms with Crippen LogP contribution in [0.25, 0.3) is 17.4 Å². The summed E-state index contributed by atoms with van der Waals surface area (Å²) in [4.78, 5) is 42.6. The minimum Gasteiger partial charge on any atom is -0.465 e. The molecule has 0 bridgehead atoms. The number of hydrogen-bond acceptors (Lipinski definition) is 8. The van der Waals surface area contributed by atoms with Crippen molar-refractivity contribution in [2.45, 2.75) is 19.3 Å². The number of thioether (sulfide) groups is 1. The average Bonchev–Trinajstić information content (AvgIpc) is 3.62. The standard InChI is InChI=1S/C24H21N5O5S/c1-33-23(32)15-6-4-14(5-7-15)18-9-8-16(34-18)12-17-21(25)29-24(26-22(17)31)35-19(27-29)13-20(30)28-10-2-3-11-28/h4-9,12,25H,2-3,10-11,13H2,1H3. The summed E-state index contributed by atoms with van der Waals surface area (Å²) in [6.45, 7) is 1.51. The highest BCUT2D eigenvalue weighted by molar-refractivity contribution is 8.27. The first-order valence-electron chi connectivity index (χ1n) is 11.0. The Bertz CT molecular complexity index is 1320. The Balaban J connectivity index is 1.32.